The highest BCUT2D eigenvalue weighted by atomic mass is 19.4. The Morgan fingerprint density at radius 3 is 2.41 bits per heavy atom. The van der Waals surface area contributed by atoms with Gasteiger partial charge in [0, 0.05) is 32.0 Å². The Hall–Kier alpha value is -3.43. The van der Waals surface area contributed by atoms with Gasteiger partial charge in [0.15, 0.2) is 11.5 Å². The summed E-state index contributed by atoms with van der Waals surface area (Å²) in [6.07, 6.45) is 1.83. The third-order valence-electron chi connectivity index (χ3n) is 5.69. The molecule has 0 bridgehead atoms. The van der Waals surface area contributed by atoms with E-state index in [1.165, 1.54) is 35.7 Å². The first-order valence-electron chi connectivity index (χ1n) is 10.4. The van der Waals surface area contributed by atoms with Crippen molar-refractivity contribution < 1.29 is 22.8 Å². The highest BCUT2D eigenvalue weighted by Gasteiger charge is 2.36. The molecule has 1 aliphatic heterocycles. The van der Waals surface area contributed by atoms with Crippen LogP contribution in [0.3, 0.4) is 0 Å². The molecule has 0 spiro atoms. The van der Waals surface area contributed by atoms with Crippen LogP contribution in [0.4, 0.5) is 19.0 Å². The zero-order valence-electron chi connectivity index (χ0n) is 17.2. The Labute approximate surface area is 182 Å². The summed E-state index contributed by atoms with van der Waals surface area (Å²) in [5, 5.41) is 10.9. The van der Waals surface area contributed by atoms with Crippen LogP contribution >= 0.6 is 0 Å². The van der Waals surface area contributed by atoms with Crippen molar-refractivity contribution in [1.29, 1.82) is 0 Å². The lowest BCUT2D eigenvalue weighted by atomic mass is 9.85. The minimum absolute atomic E-state index is 0.173. The summed E-state index contributed by atoms with van der Waals surface area (Å²) in [5.74, 6) is 0.0154. The largest absolute Gasteiger partial charge is 0.417 e. The molecule has 168 valence electrons. The van der Waals surface area contributed by atoms with Gasteiger partial charge < -0.3 is 15.1 Å². The van der Waals surface area contributed by atoms with E-state index in [0.29, 0.717) is 24.8 Å². The lowest BCUT2D eigenvalue weighted by molar-refractivity contribution is -0.138. The molecule has 7 nitrogen and oxygen atoms in total. The van der Waals surface area contributed by atoms with Crippen LogP contribution in [-0.4, -0.2) is 46.5 Å². The van der Waals surface area contributed by atoms with Crippen LogP contribution < -0.4 is 10.2 Å². The molecule has 1 aromatic heterocycles. The highest BCUT2D eigenvalue weighted by molar-refractivity contribution is 5.96. The molecule has 1 saturated carbocycles. The van der Waals surface area contributed by atoms with Crippen molar-refractivity contribution >= 4 is 17.6 Å². The summed E-state index contributed by atoms with van der Waals surface area (Å²) in [6, 6.07) is 7.94. The molecule has 2 amide bonds. The molecule has 0 unspecified atom stereocenters. The fraction of sp³-hybridized carbons (Fsp3) is 0.364. The fourth-order valence-corrected chi connectivity index (χ4v) is 3.58. The smallest absolute Gasteiger partial charge is 0.350 e. The van der Waals surface area contributed by atoms with E-state index in [2.05, 4.69) is 15.5 Å². The van der Waals surface area contributed by atoms with Gasteiger partial charge in [-0.25, -0.2) is 0 Å². The Kier molecular flexibility index (Phi) is 6.11. The molecule has 1 aromatic carbocycles. The first-order valence-corrected chi connectivity index (χ1v) is 10.4. The van der Waals surface area contributed by atoms with E-state index in [9.17, 15) is 22.8 Å². The Morgan fingerprint density at radius 2 is 1.81 bits per heavy atom. The summed E-state index contributed by atoms with van der Waals surface area (Å²) in [5.41, 5.74) is -1.14. The summed E-state index contributed by atoms with van der Waals surface area (Å²) in [6.45, 7) is 1.13. The van der Waals surface area contributed by atoms with E-state index in [-0.39, 0.29) is 18.1 Å². The summed E-state index contributed by atoms with van der Waals surface area (Å²) < 4.78 is 39.7. The average molecular weight is 445 g/mol. The fourth-order valence-electron chi connectivity index (χ4n) is 3.58. The third-order valence-corrected chi connectivity index (χ3v) is 5.69. The zero-order valence-corrected chi connectivity index (χ0v) is 17.2. The van der Waals surface area contributed by atoms with Gasteiger partial charge in [-0.05, 0) is 43.0 Å². The van der Waals surface area contributed by atoms with Gasteiger partial charge in [-0.1, -0.05) is 18.6 Å². The van der Waals surface area contributed by atoms with Crippen molar-refractivity contribution in [1.82, 2.24) is 20.4 Å². The number of hydrogen-bond donors (Lipinski definition) is 1. The quantitative estimate of drug-likeness (QED) is 0.763. The molecule has 1 aliphatic carbocycles. The van der Waals surface area contributed by atoms with Crippen LogP contribution in [0.2, 0.25) is 0 Å². The van der Waals surface area contributed by atoms with Gasteiger partial charge >= 0.3 is 6.18 Å². The topological polar surface area (TPSA) is 78.4 Å². The number of alkyl halides is 3. The van der Waals surface area contributed by atoms with E-state index in [4.69, 9.17) is 0 Å². The van der Waals surface area contributed by atoms with Crippen molar-refractivity contribution in [3.63, 3.8) is 0 Å². The van der Waals surface area contributed by atoms with Gasteiger partial charge in [-0.2, -0.15) is 13.2 Å². The van der Waals surface area contributed by atoms with Gasteiger partial charge in [-0.3, -0.25) is 9.59 Å². The number of halogens is 3. The van der Waals surface area contributed by atoms with Crippen molar-refractivity contribution in [2.24, 2.45) is 5.92 Å². The predicted molar refractivity (Wildman–Crippen MR) is 111 cm³/mol. The number of amides is 2. The van der Waals surface area contributed by atoms with Crippen LogP contribution in [0.15, 0.2) is 48.8 Å². The maximum atomic E-state index is 13.2. The van der Waals surface area contributed by atoms with Gasteiger partial charge in [0.25, 0.3) is 11.8 Å². The van der Waals surface area contributed by atoms with E-state index >= 15 is 0 Å². The first-order chi connectivity index (χ1) is 15.3. The van der Waals surface area contributed by atoms with Crippen LogP contribution in [0, 0.1) is 5.92 Å². The number of carbonyl (C=O) groups is 2. The van der Waals surface area contributed by atoms with Gasteiger partial charge in [0.05, 0.1) is 11.1 Å². The molecule has 0 atom stereocenters. The van der Waals surface area contributed by atoms with E-state index in [1.54, 1.807) is 23.2 Å². The van der Waals surface area contributed by atoms with Gasteiger partial charge in [0.2, 0.25) is 0 Å². The average Bonchev–Trinajstić information content (AvgIpc) is 2.77. The molecular weight excluding hydrogens is 423 g/mol. The Morgan fingerprint density at radius 1 is 1.03 bits per heavy atom. The molecule has 10 heteroatoms. The van der Waals surface area contributed by atoms with Crippen LogP contribution in [0.5, 0.6) is 0 Å². The molecule has 32 heavy (non-hydrogen) atoms. The number of rotatable bonds is 5. The number of benzene rings is 1. The molecular formula is C22H22F3N5O2. The van der Waals surface area contributed by atoms with Crippen molar-refractivity contribution in [3.8, 4) is 0 Å². The number of nitrogens with one attached hydrogen (secondary N) is 1. The van der Waals surface area contributed by atoms with Gasteiger partial charge in [0.1, 0.15) is 0 Å². The number of anilines is 1. The molecule has 2 aliphatic rings. The Bertz CT molecular complexity index is 1020. The van der Waals surface area contributed by atoms with Crippen LogP contribution in [0.1, 0.15) is 45.7 Å². The Balaban J connectivity index is 1.39. The van der Waals surface area contributed by atoms with Crippen LogP contribution in [0.25, 0.3) is 0 Å². The number of aromatic nitrogens is 2. The monoisotopic (exact) mass is 445 g/mol. The molecule has 2 heterocycles. The summed E-state index contributed by atoms with van der Waals surface area (Å²) >= 11 is 0. The van der Waals surface area contributed by atoms with E-state index in [1.807, 2.05) is 0 Å². The zero-order chi connectivity index (χ0) is 22.7. The SMILES string of the molecule is O=C(NCC1CCC1)c1ccc(N2C=CN(C(=O)c3ccccc3C(F)(F)F)CC2)nn1. The standard InChI is InChI=1S/C22H22F3N5O2/c23-22(24,25)17-7-2-1-6-16(17)21(32)30-12-10-29(11-13-30)19-9-8-18(27-28-19)20(31)26-14-15-4-3-5-15/h1-2,6-10,12,15H,3-5,11,13-14H2,(H,26,31). The minimum Gasteiger partial charge on any atom is -0.350 e. The second kappa shape index (κ2) is 8.97. The highest BCUT2D eigenvalue weighted by Crippen LogP contribution is 2.32. The van der Waals surface area contributed by atoms with Crippen molar-refractivity contribution in [3.05, 3.63) is 65.6 Å². The minimum atomic E-state index is -4.61. The second-order valence-electron chi connectivity index (χ2n) is 7.82. The summed E-state index contributed by atoms with van der Waals surface area (Å²) in [4.78, 5) is 27.8. The maximum Gasteiger partial charge on any atom is 0.417 e. The second-order valence-corrected chi connectivity index (χ2v) is 7.82. The molecule has 0 saturated heterocycles. The molecule has 1 fully saturated rings. The lowest BCUT2D eigenvalue weighted by Crippen LogP contribution is -2.39. The van der Waals surface area contributed by atoms with Crippen molar-refractivity contribution in [2.75, 3.05) is 24.5 Å². The first kappa shape index (κ1) is 21.8. The third kappa shape index (κ3) is 4.74. The molecule has 0 radical (unpaired) electrons. The molecule has 2 aromatic rings. The normalized spacial score (nSPS) is 16.6. The van der Waals surface area contributed by atoms with Crippen molar-refractivity contribution in [2.45, 2.75) is 25.4 Å². The summed E-state index contributed by atoms with van der Waals surface area (Å²) in [7, 11) is 0. The van der Waals surface area contributed by atoms with E-state index in [0.717, 1.165) is 18.9 Å². The van der Waals surface area contributed by atoms with E-state index < -0.39 is 23.2 Å². The van der Waals surface area contributed by atoms with Gasteiger partial charge in [-0.15, -0.1) is 10.2 Å². The number of carbonyl (C=O) groups excluding carboxylic acids is 2. The lowest BCUT2D eigenvalue weighted by Gasteiger charge is -2.29. The molecule has 4 rings (SSSR count). The predicted octanol–water partition coefficient (Wildman–Crippen LogP) is 3.46. The number of hydrogen-bond acceptors (Lipinski definition) is 5. The number of nitrogens with zero attached hydrogens (tertiary/aromatic N) is 4. The maximum absolute atomic E-state index is 13.2. The van der Waals surface area contributed by atoms with Crippen LogP contribution in [-0.2, 0) is 6.18 Å². The molecule has 1 N–H and O–H groups in total.